The first-order valence-electron chi connectivity index (χ1n) is 10.2. The van der Waals surface area contributed by atoms with Crippen LogP contribution in [0.2, 0.25) is 0 Å². The molecule has 1 amide bonds. The number of alkyl halides is 2. The van der Waals surface area contributed by atoms with E-state index in [2.05, 4.69) is 20.1 Å². The number of rotatable bonds is 2. The third kappa shape index (κ3) is 3.10. The summed E-state index contributed by atoms with van der Waals surface area (Å²) in [6, 6.07) is 7.03. The Morgan fingerprint density at radius 1 is 1.12 bits per heavy atom. The van der Waals surface area contributed by atoms with Gasteiger partial charge in [-0.1, -0.05) is 0 Å². The van der Waals surface area contributed by atoms with Crippen LogP contribution in [0.25, 0.3) is 33.3 Å². The standard InChI is InChI=1S/C22H18F2N6O2/c1-29-8-15-4-14(6-26-19(15)28-29)18-7-25-16-3-2-13(5-17(16)27-18)20(31)30-10-21(11-30)9-22(23,24)12-32-21/h2-8H,9-12H2,1H3. The highest BCUT2D eigenvalue weighted by molar-refractivity contribution is 5.98. The van der Waals surface area contributed by atoms with Crippen molar-refractivity contribution in [2.75, 3.05) is 19.7 Å². The lowest BCUT2D eigenvalue weighted by molar-refractivity contribution is -0.0959. The van der Waals surface area contributed by atoms with Crippen LogP contribution in [-0.4, -0.2) is 66.8 Å². The molecule has 6 rings (SSSR count). The van der Waals surface area contributed by atoms with Crippen molar-refractivity contribution >= 4 is 28.0 Å². The van der Waals surface area contributed by atoms with E-state index in [1.165, 1.54) is 4.90 Å². The number of amides is 1. The second-order valence-corrected chi connectivity index (χ2v) is 8.56. The molecule has 0 saturated carbocycles. The Kier molecular flexibility index (Phi) is 3.89. The summed E-state index contributed by atoms with van der Waals surface area (Å²) in [7, 11) is 1.83. The van der Waals surface area contributed by atoms with Gasteiger partial charge in [-0.15, -0.1) is 0 Å². The summed E-state index contributed by atoms with van der Waals surface area (Å²) in [6.07, 6.45) is 4.89. The third-order valence-corrected chi connectivity index (χ3v) is 5.97. The van der Waals surface area contributed by atoms with E-state index in [-0.39, 0.29) is 25.4 Å². The van der Waals surface area contributed by atoms with Crippen molar-refractivity contribution in [2.24, 2.45) is 7.05 Å². The second-order valence-electron chi connectivity index (χ2n) is 8.56. The van der Waals surface area contributed by atoms with Crippen molar-refractivity contribution in [1.29, 1.82) is 0 Å². The van der Waals surface area contributed by atoms with Gasteiger partial charge in [-0.25, -0.2) is 18.7 Å². The Morgan fingerprint density at radius 2 is 1.97 bits per heavy atom. The van der Waals surface area contributed by atoms with Gasteiger partial charge in [0.1, 0.15) is 12.2 Å². The van der Waals surface area contributed by atoms with Crippen LogP contribution in [0.4, 0.5) is 8.78 Å². The smallest absolute Gasteiger partial charge is 0.273 e. The second kappa shape index (κ2) is 6.49. The number of aryl methyl sites for hydroxylation is 1. The van der Waals surface area contributed by atoms with Crippen LogP contribution in [0.3, 0.4) is 0 Å². The van der Waals surface area contributed by atoms with E-state index >= 15 is 0 Å². The summed E-state index contributed by atoms with van der Waals surface area (Å²) in [4.78, 5) is 27.9. The molecule has 2 aliphatic heterocycles. The monoisotopic (exact) mass is 436 g/mol. The van der Waals surface area contributed by atoms with Crippen LogP contribution in [-0.2, 0) is 11.8 Å². The van der Waals surface area contributed by atoms with Crippen molar-refractivity contribution in [2.45, 2.75) is 17.9 Å². The molecule has 0 bridgehead atoms. The molecule has 5 heterocycles. The van der Waals surface area contributed by atoms with Crippen molar-refractivity contribution < 1.29 is 18.3 Å². The molecule has 162 valence electrons. The minimum Gasteiger partial charge on any atom is -0.365 e. The molecule has 0 radical (unpaired) electrons. The first kappa shape index (κ1) is 19.2. The molecule has 2 saturated heterocycles. The summed E-state index contributed by atoms with van der Waals surface area (Å²) >= 11 is 0. The maximum Gasteiger partial charge on any atom is 0.273 e. The van der Waals surface area contributed by atoms with E-state index in [1.54, 1.807) is 35.3 Å². The SMILES string of the molecule is Cn1cc2cc(-c3cnc4ccc(C(=O)N5CC6(C5)CC(F)(F)CO6)cc4n3)cnc2n1. The Hall–Kier alpha value is -3.53. The molecule has 10 heteroatoms. The number of benzene rings is 1. The quantitative estimate of drug-likeness (QED) is 0.480. The first-order chi connectivity index (χ1) is 15.3. The molecular formula is C22H18F2N6O2. The molecular weight excluding hydrogens is 418 g/mol. The van der Waals surface area contributed by atoms with Gasteiger partial charge < -0.3 is 9.64 Å². The lowest BCUT2D eigenvalue weighted by Gasteiger charge is -2.46. The zero-order valence-corrected chi connectivity index (χ0v) is 17.1. The van der Waals surface area contributed by atoms with Crippen LogP contribution in [0, 0.1) is 0 Å². The Labute approximate surface area is 180 Å². The molecule has 2 aliphatic rings. The summed E-state index contributed by atoms with van der Waals surface area (Å²) in [5, 5.41) is 5.16. The van der Waals surface area contributed by atoms with Gasteiger partial charge in [0.25, 0.3) is 11.8 Å². The molecule has 8 nitrogen and oxygen atoms in total. The number of ether oxygens (including phenoxy) is 1. The Morgan fingerprint density at radius 3 is 2.75 bits per heavy atom. The zero-order chi connectivity index (χ0) is 22.1. The Bertz CT molecular complexity index is 1400. The van der Waals surface area contributed by atoms with E-state index in [4.69, 9.17) is 4.74 Å². The number of aromatic nitrogens is 5. The number of carbonyl (C=O) groups excluding carboxylic acids is 1. The highest BCUT2D eigenvalue weighted by atomic mass is 19.3. The van der Waals surface area contributed by atoms with Gasteiger partial charge in [0.2, 0.25) is 0 Å². The molecule has 3 aromatic heterocycles. The lowest BCUT2D eigenvalue weighted by atomic mass is 9.89. The highest BCUT2D eigenvalue weighted by Gasteiger charge is 2.57. The van der Waals surface area contributed by atoms with Crippen molar-refractivity contribution in [1.82, 2.24) is 29.6 Å². The molecule has 32 heavy (non-hydrogen) atoms. The topological polar surface area (TPSA) is 86.0 Å². The number of fused-ring (bicyclic) bond motifs is 2. The van der Waals surface area contributed by atoms with Crippen LogP contribution >= 0.6 is 0 Å². The predicted molar refractivity (Wildman–Crippen MR) is 111 cm³/mol. The molecule has 0 aliphatic carbocycles. The van der Waals surface area contributed by atoms with E-state index in [1.807, 2.05) is 19.3 Å². The van der Waals surface area contributed by atoms with Crippen LogP contribution in [0.15, 0.2) is 42.9 Å². The molecule has 0 N–H and O–H groups in total. The maximum absolute atomic E-state index is 13.5. The van der Waals surface area contributed by atoms with Crippen LogP contribution in [0.1, 0.15) is 16.8 Å². The number of nitrogens with zero attached hydrogens (tertiary/aromatic N) is 6. The molecule has 2 fully saturated rings. The molecule has 1 spiro atoms. The van der Waals surface area contributed by atoms with E-state index in [0.717, 1.165) is 10.9 Å². The number of likely N-dealkylation sites (tertiary alicyclic amines) is 1. The van der Waals surface area contributed by atoms with E-state index < -0.39 is 18.1 Å². The fraction of sp³-hybridized carbons (Fsp3) is 0.318. The van der Waals surface area contributed by atoms with Gasteiger partial charge in [-0.2, -0.15) is 5.10 Å². The minimum atomic E-state index is -2.82. The maximum atomic E-state index is 13.5. The lowest BCUT2D eigenvalue weighted by Crippen LogP contribution is -2.63. The average Bonchev–Trinajstić information content (AvgIpc) is 3.29. The van der Waals surface area contributed by atoms with E-state index in [0.29, 0.717) is 27.9 Å². The summed E-state index contributed by atoms with van der Waals surface area (Å²) in [5.74, 6) is -3.06. The molecule has 0 atom stereocenters. The van der Waals surface area contributed by atoms with Gasteiger partial charge >= 0.3 is 0 Å². The third-order valence-electron chi connectivity index (χ3n) is 5.97. The first-order valence-corrected chi connectivity index (χ1v) is 10.2. The van der Waals surface area contributed by atoms with Crippen LogP contribution in [0.5, 0.6) is 0 Å². The van der Waals surface area contributed by atoms with Crippen molar-refractivity contribution in [3.05, 3.63) is 48.4 Å². The summed E-state index contributed by atoms with van der Waals surface area (Å²) in [6.45, 7) is -0.243. The predicted octanol–water partition coefficient (Wildman–Crippen LogP) is 2.83. The van der Waals surface area contributed by atoms with Gasteiger partial charge in [0.05, 0.1) is 36.0 Å². The van der Waals surface area contributed by atoms with Gasteiger partial charge in [0.15, 0.2) is 5.65 Å². The minimum absolute atomic E-state index is 0.169. The Balaban J connectivity index is 1.27. The summed E-state index contributed by atoms with van der Waals surface area (Å²) in [5.41, 5.74) is 2.81. The summed E-state index contributed by atoms with van der Waals surface area (Å²) < 4.78 is 34.0. The van der Waals surface area contributed by atoms with Crippen LogP contribution < -0.4 is 0 Å². The van der Waals surface area contributed by atoms with Crippen molar-refractivity contribution in [3.8, 4) is 11.3 Å². The number of carbonyl (C=O) groups is 1. The fourth-order valence-electron chi connectivity index (χ4n) is 4.47. The van der Waals surface area contributed by atoms with Gasteiger partial charge in [-0.3, -0.25) is 14.5 Å². The van der Waals surface area contributed by atoms with Gasteiger partial charge in [-0.05, 0) is 24.3 Å². The van der Waals surface area contributed by atoms with Crippen molar-refractivity contribution in [3.63, 3.8) is 0 Å². The molecule has 1 aromatic carbocycles. The number of pyridine rings is 1. The number of halogens is 2. The molecule has 4 aromatic rings. The number of hydrogen-bond donors (Lipinski definition) is 0. The normalized spacial score (nSPS) is 19.0. The number of hydrogen-bond acceptors (Lipinski definition) is 6. The fourth-order valence-corrected chi connectivity index (χ4v) is 4.47. The largest absolute Gasteiger partial charge is 0.365 e. The highest BCUT2D eigenvalue weighted by Crippen LogP contribution is 2.43. The van der Waals surface area contributed by atoms with Gasteiger partial charge in [0, 0.05) is 42.4 Å². The average molecular weight is 436 g/mol. The zero-order valence-electron chi connectivity index (χ0n) is 17.1. The van der Waals surface area contributed by atoms with E-state index in [9.17, 15) is 13.6 Å². The molecule has 0 unspecified atom stereocenters.